The molecule has 164 valence electrons. The largest absolute Gasteiger partial charge is 0.320 e. The molecule has 0 aliphatic carbocycles. The SMILES string of the molecule is O=C(Nc1ccccc1C(=O)Nc1ccc(Cl)cn1)c1ccc(=O)n(-c2ccc(F)cc2)n1. The van der Waals surface area contributed by atoms with Gasteiger partial charge in [0.05, 0.1) is 22.0 Å². The van der Waals surface area contributed by atoms with Crippen LogP contribution in [0.15, 0.2) is 83.8 Å². The van der Waals surface area contributed by atoms with Gasteiger partial charge in [-0.2, -0.15) is 9.78 Å². The van der Waals surface area contributed by atoms with E-state index >= 15 is 0 Å². The number of nitrogens with one attached hydrogen (secondary N) is 2. The second-order valence-corrected chi connectivity index (χ2v) is 7.20. The maximum Gasteiger partial charge on any atom is 0.276 e. The highest BCUT2D eigenvalue weighted by Gasteiger charge is 2.16. The van der Waals surface area contributed by atoms with Gasteiger partial charge < -0.3 is 10.6 Å². The van der Waals surface area contributed by atoms with Crippen molar-refractivity contribution in [2.75, 3.05) is 10.6 Å². The second kappa shape index (κ2) is 9.41. The van der Waals surface area contributed by atoms with Crippen molar-refractivity contribution in [3.8, 4) is 5.69 Å². The smallest absolute Gasteiger partial charge is 0.276 e. The molecule has 0 aliphatic heterocycles. The zero-order valence-corrected chi connectivity index (χ0v) is 17.6. The third kappa shape index (κ3) is 5.10. The first-order chi connectivity index (χ1) is 15.9. The molecule has 2 aromatic heterocycles. The quantitative estimate of drug-likeness (QED) is 0.466. The highest BCUT2D eigenvalue weighted by Crippen LogP contribution is 2.18. The van der Waals surface area contributed by atoms with Gasteiger partial charge >= 0.3 is 0 Å². The Labute approximate surface area is 191 Å². The van der Waals surface area contributed by atoms with Crippen LogP contribution in [0.5, 0.6) is 0 Å². The molecule has 0 fully saturated rings. The summed E-state index contributed by atoms with van der Waals surface area (Å²) in [4.78, 5) is 41.7. The van der Waals surface area contributed by atoms with Crippen molar-refractivity contribution in [3.05, 3.63) is 111 Å². The Morgan fingerprint density at radius 1 is 0.879 bits per heavy atom. The van der Waals surface area contributed by atoms with Crippen LogP contribution in [0, 0.1) is 5.82 Å². The van der Waals surface area contributed by atoms with E-state index in [2.05, 4.69) is 20.7 Å². The van der Waals surface area contributed by atoms with E-state index in [-0.39, 0.29) is 16.9 Å². The summed E-state index contributed by atoms with van der Waals surface area (Å²) >= 11 is 5.81. The number of para-hydroxylation sites is 1. The molecular formula is C23H15ClFN5O3. The van der Waals surface area contributed by atoms with E-state index in [0.29, 0.717) is 16.5 Å². The van der Waals surface area contributed by atoms with Crippen LogP contribution in [0.1, 0.15) is 20.8 Å². The van der Waals surface area contributed by atoms with Crippen molar-refractivity contribution in [1.82, 2.24) is 14.8 Å². The normalized spacial score (nSPS) is 10.5. The van der Waals surface area contributed by atoms with Crippen molar-refractivity contribution in [2.45, 2.75) is 0 Å². The Morgan fingerprint density at radius 3 is 2.36 bits per heavy atom. The Hall–Kier alpha value is -4.37. The number of amides is 2. The monoisotopic (exact) mass is 463 g/mol. The summed E-state index contributed by atoms with van der Waals surface area (Å²) in [5, 5.41) is 9.75. The lowest BCUT2D eigenvalue weighted by Gasteiger charge is -2.12. The molecule has 0 saturated heterocycles. The number of hydrogen-bond acceptors (Lipinski definition) is 5. The van der Waals surface area contributed by atoms with Gasteiger partial charge in [0.2, 0.25) is 0 Å². The van der Waals surface area contributed by atoms with Crippen molar-refractivity contribution in [1.29, 1.82) is 0 Å². The molecule has 4 rings (SSSR count). The van der Waals surface area contributed by atoms with E-state index in [1.165, 1.54) is 48.7 Å². The van der Waals surface area contributed by atoms with Gasteiger partial charge in [-0.1, -0.05) is 23.7 Å². The summed E-state index contributed by atoms with van der Waals surface area (Å²) in [6, 6.07) is 17.1. The fourth-order valence-electron chi connectivity index (χ4n) is 2.91. The highest BCUT2D eigenvalue weighted by atomic mass is 35.5. The number of rotatable bonds is 5. The van der Waals surface area contributed by atoms with Crippen LogP contribution in [0.4, 0.5) is 15.9 Å². The van der Waals surface area contributed by atoms with Crippen LogP contribution in [0.25, 0.3) is 5.69 Å². The van der Waals surface area contributed by atoms with Crippen LogP contribution in [0.3, 0.4) is 0 Å². The van der Waals surface area contributed by atoms with Crippen molar-refractivity contribution in [3.63, 3.8) is 0 Å². The summed E-state index contributed by atoms with van der Waals surface area (Å²) in [7, 11) is 0. The molecule has 0 radical (unpaired) electrons. The van der Waals surface area contributed by atoms with Gasteiger partial charge in [-0.05, 0) is 54.6 Å². The number of nitrogens with zero attached hydrogens (tertiary/aromatic N) is 3. The lowest BCUT2D eigenvalue weighted by molar-refractivity contribution is 0.102. The molecule has 33 heavy (non-hydrogen) atoms. The van der Waals surface area contributed by atoms with Crippen molar-refractivity contribution < 1.29 is 14.0 Å². The standard InChI is InChI=1S/C23H15ClFN5O3/c24-14-5-11-20(26-13-14)28-22(32)17-3-1-2-4-18(17)27-23(33)19-10-12-21(31)30(29-19)16-8-6-15(25)7-9-16/h1-13H,(H,27,33)(H,26,28,32). The number of carbonyl (C=O) groups excluding carboxylic acids is 2. The summed E-state index contributed by atoms with van der Waals surface area (Å²) in [6.07, 6.45) is 1.40. The van der Waals surface area contributed by atoms with Gasteiger partial charge in [0.15, 0.2) is 0 Å². The number of carbonyl (C=O) groups is 2. The van der Waals surface area contributed by atoms with E-state index in [1.54, 1.807) is 30.3 Å². The third-order valence-corrected chi connectivity index (χ3v) is 4.72. The fraction of sp³-hybridized carbons (Fsp3) is 0. The summed E-state index contributed by atoms with van der Waals surface area (Å²) in [5.74, 6) is -1.32. The molecule has 4 aromatic rings. The van der Waals surface area contributed by atoms with E-state index in [0.717, 1.165) is 4.68 Å². The van der Waals surface area contributed by atoms with Gasteiger partial charge in [0.25, 0.3) is 17.4 Å². The van der Waals surface area contributed by atoms with Crippen molar-refractivity contribution in [2.24, 2.45) is 0 Å². The molecule has 10 heteroatoms. The third-order valence-electron chi connectivity index (χ3n) is 4.49. The molecule has 0 unspecified atom stereocenters. The van der Waals surface area contributed by atoms with Crippen LogP contribution in [-0.2, 0) is 0 Å². The second-order valence-electron chi connectivity index (χ2n) is 6.76. The molecule has 0 aliphatic rings. The number of pyridine rings is 1. The number of aromatic nitrogens is 3. The number of hydrogen-bond donors (Lipinski definition) is 2. The van der Waals surface area contributed by atoms with Gasteiger partial charge in [0.1, 0.15) is 17.3 Å². The molecule has 0 spiro atoms. The molecule has 2 heterocycles. The molecule has 8 nitrogen and oxygen atoms in total. The molecule has 2 amide bonds. The molecule has 0 atom stereocenters. The maximum atomic E-state index is 13.2. The van der Waals surface area contributed by atoms with Crippen LogP contribution < -0.4 is 16.2 Å². The lowest BCUT2D eigenvalue weighted by Crippen LogP contribution is -2.25. The average molecular weight is 464 g/mol. The summed E-state index contributed by atoms with van der Waals surface area (Å²) in [6.45, 7) is 0. The molecule has 2 aromatic carbocycles. The topological polar surface area (TPSA) is 106 Å². The minimum atomic E-state index is -0.643. The van der Waals surface area contributed by atoms with Gasteiger partial charge in [-0.15, -0.1) is 0 Å². The predicted molar refractivity (Wildman–Crippen MR) is 121 cm³/mol. The minimum absolute atomic E-state index is 0.0755. The maximum absolute atomic E-state index is 13.2. The summed E-state index contributed by atoms with van der Waals surface area (Å²) < 4.78 is 14.2. The zero-order valence-electron chi connectivity index (χ0n) is 16.8. The van der Waals surface area contributed by atoms with Crippen molar-refractivity contribution >= 4 is 34.9 Å². The van der Waals surface area contributed by atoms with E-state index in [4.69, 9.17) is 11.6 Å². The number of benzene rings is 2. The van der Waals surface area contributed by atoms with Gasteiger partial charge in [-0.25, -0.2) is 9.37 Å². The molecular weight excluding hydrogens is 449 g/mol. The average Bonchev–Trinajstić information content (AvgIpc) is 2.82. The lowest BCUT2D eigenvalue weighted by atomic mass is 10.1. The first-order valence-electron chi connectivity index (χ1n) is 9.60. The van der Waals surface area contributed by atoms with Crippen LogP contribution >= 0.6 is 11.6 Å². The Balaban J connectivity index is 1.57. The van der Waals surface area contributed by atoms with Gasteiger partial charge in [0, 0.05) is 12.3 Å². The summed E-state index contributed by atoms with van der Waals surface area (Å²) in [5.41, 5.74) is 0.151. The Kier molecular flexibility index (Phi) is 6.23. The van der Waals surface area contributed by atoms with Crippen LogP contribution in [-0.4, -0.2) is 26.6 Å². The first-order valence-corrected chi connectivity index (χ1v) is 9.98. The Bertz CT molecular complexity index is 1390. The number of halogens is 2. The molecule has 0 bridgehead atoms. The molecule has 0 saturated carbocycles. The zero-order chi connectivity index (χ0) is 23.4. The number of anilines is 2. The van der Waals surface area contributed by atoms with Crippen LogP contribution in [0.2, 0.25) is 5.02 Å². The van der Waals surface area contributed by atoms with E-state index in [9.17, 15) is 18.8 Å². The van der Waals surface area contributed by atoms with Gasteiger partial charge in [-0.3, -0.25) is 14.4 Å². The molecule has 2 N–H and O–H groups in total. The predicted octanol–water partition coefficient (Wildman–Crippen LogP) is 3.92. The Morgan fingerprint density at radius 2 is 1.64 bits per heavy atom. The fourth-order valence-corrected chi connectivity index (χ4v) is 3.02. The van der Waals surface area contributed by atoms with E-state index in [1.807, 2.05) is 0 Å². The highest BCUT2D eigenvalue weighted by molar-refractivity contribution is 6.30. The first kappa shape index (κ1) is 21.8. The minimum Gasteiger partial charge on any atom is -0.320 e. The van der Waals surface area contributed by atoms with E-state index < -0.39 is 23.2 Å².